The number of hydrogen-bond acceptors (Lipinski definition) is 7. The lowest BCUT2D eigenvalue weighted by Gasteiger charge is -2.19. The van der Waals surface area contributed by atoms with Crippen LogP contribution in [0, 0.1) is 5.53 Å². The van der Waals surface area contributed by atoms with Crippen LogP contribution in [0.3, 0.4) is 0 Å². The molecule has 7 heteroatoms. The number of benzene rings is 2. The van der Waals surface area contributed by atoms with E-state index in [1.54, 1.807) is 33.5 Å². The number of methoxy groups -OCH3 is 3. The van der Waals surface area contributed by atoms with Crippen LogP contribution >= 0.6 is 0 Å². The van der Waals surface area contributed by atoms with Crippen molar-refractivity contribution >= 4 is 5.90 Å². The molecular weight excluding hydrogens is 334 g/mol. The molecule has 1 aliphatic rings. The highest BCUT2D eigenvalue weighted by Gasteiger charge is 2.31. The van der Waals surface area contributed by atoms with E-state index in [1.807, 2.05) is 30.3 Å². The van der Waals surface area contributed by atoms with E-state index in [2.05, 4.69) is 10.1 Å². The van der Waals surface area contributed by atoms with Gasteiger partial charge in [-0.3, -0.25) is 0 Å². The van der Waals surface area contributed by atoms with Gasteiger partial charge in [0.15, 0.2) is 11.5 Å². The van der Waals surface area contributed by atoms with E-state index in [-0.39, 0.29) is 6.04 Å². The first kappa shape index (κ1) is 17.7. The topological polar surface area (TPSA) is 85.5 Å². The van der Waals surface area contributed by atoms with Crippen LogP contribution in [0.2, 0.25) is 0 Å². The fourth-order valence-corrected chi connectivity index (χ4v) is 2.94. The van der Waals surface area contributed by atoms with Gasteiger partial charge >= 0.3 is 0 Å². The molecule has 0 saturated carbocycles. The highest BCUT2D eigenvalue weighted by molar-refractivity contribution is 5.95. The Bertz CT molecular complexity index is 783. The SMILES string of the molecule is COc1cc(C(N=N)C2COC(c3ccccc3)=N2)cc(OC)c1OC. The van der Waals surface area contributed by atoms with Gasteiger partial charge in [-0.2, -0.15) is 5.11 Å². The van der Waals surface area contributed by atoms with Crippen molar-refractivity contribution < 1.29 is 18.9 Å². The van der Waals surface area contributed by atoms with Gasteiger partial charge in [-0.05, 0) is 29.8 Å². The second-order valence-electron chi connectivity index (χ2n) is 5.71. The Morgan fingerprint density at radius 3 is 2.27 bits per heavy atom. The number of aliphatic imine (C=N–C) groups is 1. The molecule has 0 aliphatic carbocycles. The van der Waals surface area contributed by atoms with Gasteiger partial charge in [0.1, 0.15) is 18.7 Å². The van der Waals surface area contributed by atoms with Crippen LogP contribution in [0.15, 0.2) is 52.6 Å². The zero-order chi connectivity index (χ0) is 18.5. The van der Waals surface area contributed by atoms with Gasteiger partial charge in [0.25, 0.3) is 0 Å². The number of nitrogens with one attached hydrogen (secondary N) is 1. The van der Waals surface area contributed by atoms with E-state index in [0.717, 1.165) is 11.1 Å². The normalized spacial score (nSPS) is 17.0. The molecule has 0 fully saturated rings. The predicted octanol–water partition coefficient (Wildman–Crippen LogP) is 3.63. The standard InChI is InChI=1S/C19H21N3O4/c1-23-15-9-13(10-16(24-2)18(15)25-3)17(22-20)14-11-26-19(21-14)12-7-5-4-6-8-12/h4-10,14,17,20H,11H2,1-3H3. The smallest absolute Gasteiger partial charge is 0.216 e. The molecule has 2 unspecified atom stereocenters. The number of hydrogen-bond donors (Lipinski definition) is 1. The van der Waals surface area contributed by atoms with Crippen molar-refractivity contribution in [2.24, 2.45) is 10.1 Å². The van der Waals surface area contributed by atoms with Gasteiger partial charge in [-0.25, -0.2) is 10.5 Å². The van der Waals surface area contributed by atoms with Gasteiger partial charge in [-0.1, -0.05) is 18.2 Å². The van der Waals surface area contributed by atoms with E-state index >= 15 is 0 Å². The van der Waals surface area contributed by atoms with Gasteiger partial charge in [0.05, 0.1) is 21.3 Å². The molecule has 1 aliphatic heterocycles. The lowest BCUT2D eigenvalue weighted by molar-refractivity contribution is 0.298. The summed E-state index contributed by atoms with van der Waals surface area (Å²) in [5.74, 6) is 2.10. The predicted molar refractivity (Wildman–Crippen MR) is 96.7 cm³/mol. The van der Waals surface area contributed by atoms with E-state index in [1.165, 1.54) is 0 Å². The molecule has 0 amide bonds. The zero-order valence-electron chi connectivity index (χ0n) is 14.9. The third-order valence-electron chi connectivity index (χ3n) is 4.23. The molecular formula is C19H21N3O4. The Balaban J connectivity index is 1.95. The van der Waals surface area contributed by atoms with E-state index in [0.29, 0.717) is 29.8 Å². The van der Waals surface area contributed by atoms with Crippen LogP contribution < -0.4 is 14.2 Å². The fraction of sp³-hybridized carbons (Fsp3) is 0.316. The Morgan fingerprint density at radius 1 is 1.08 bits per heavy atom. The first-order valence-corrected chi connectivity index (χ1v) is 8.14. The fourth-order valence-electron chi connectivity index (χ4n) is 2.94. The van der Waals surface area contributed by atoms with Gasteiger partial charge in [-0.15, -0.1) is 0 Å². The summed E-state index contributed by atoms with van der Waals surface area (Å²) in [7, 11) is 4.66. The second-order valence-corrected chi connectivity index (χ2v) is 5.71. The lowest BCUT2D eigenvalue weighted by atomic mass is 10.00. The summed E-state index contributed by atoms with van der Waals surface area (Å²) in [6.45, 7) is 0.355. The summed E-state index contributed by atoms with van der Waals surface area (Å²) >= 11 is 0. The van der Waals surface area contributed by atoms with Crippen molar-refractivity contribution in [2.45, 2.75) is 12.1 Å². The minimum atomic E-state index is -0.509. The van der Waals surface area contributed by atoms with E-state index in [4.69, 9.17) is 24.5 Å². The monoisotopic (exact) mass is 355 g/mol. The Kier molecular flexibility index (Phi) is 5.36. The molecule has 2 aromatic carbocycles. The average molecular weight is 355 g/mol. The molecule has 3 rings (SSSR count). The van der Waals surface area contributed by atoms with Crippen LogP contribution in [0.5, 0.6) is 17.2 Å². The molecule has 1 heterocycles. The Labute approximate surface area is 152 Å². The summed E-state index contributed by atoms with van der Waals surface area (Å²) in [5, 5.41) is 3.79. The summed E-state index contributed by atoms with van der Waals surface area (Å²) in [4.78, 5) is 4.63. The van der Waals surface area contributed by atoms with Crippen molar-refractivity contribution in [3.8, 4) is 17.2 Å². The molecule has 2 atom stereocenters. The quantitative estimate of drug-likeness (QED) is 0.769. The van der Waals surface area contributed by atoms with Crippen molar-refractivity contribution in [3.63, 3.8) is 0 Å². The molecule has 1 N–H and O–H groups in total. The molecule has 0 aromatic heterocycles. The van der Waals surface area contributed by atoms with Crippen LogP contribution in [-0.4, -0.2) is 39.9 Å². The van der Waals surface area contributed by atoms with Gasteiger partial charge in [0.2, 0.25) is 11.6 Å². The summed E-state index contributed by atoms with van der Waals surface area (Å²) in [5.41, 5.74) is 9.33. The van der Waals surface area contributed by atoms with Gasteiger partial charge in [0, 0.05) is 5.56 Å². The van der Waals surface area contributed by atoms with Crippen molar-refractivity contribution in [3.05, 3.63) is 53.6 Å². The van der Waals surface area contributed by atoms with Crippen molar-refractivity contribution in [2.75, 3.05) is 27.9 Å². The van der Waals surface area contributed by atoms with Crippen LogP contribution in [-0.2, 0) is 4.74 Å². The Morgan fingerprint density at radius 2 is 1.73 bits per heavy atom. The van der Waals surface area contributed by atoms with E-state index < -0.39 is 6.04 Å². The molecule has 0 bridgehead atoms. The minimum Gasteiger partial charge on any atom is -0.493 e. The van der Waals surface area contributed by atoms with Crippen LogP contribution in [0.4, 0.5) is 0 Å². The van der Waals surface area contributed by atoms with Gasteiger partial charge < -0.3 is 18.9 Å². The number of rotatable bonds is 7. The molecule has 136 valence electrons. The minimum absolute atomic E-state index is 0.300. The third kappa shape index (κ3) is 3.33. The molecule has 0 radical (unpaired) electrons. The number of nitrogens with zero attached hydrogens (tertiary/aromatic N) is 2. The lowest BCUT2D eigenvalue weighted by Crippen LogP contribution is -2.16. The maximum Gasteiger partial charge on any atom is 0.216 e. The summed E-state index contributed by atoms with van der Waals surface area (Å²) in [6, 6.07) is 12.4. The summed E-state index contributed by atoms with van der Waals surface area (Å²) < 4.78 is 21.9. The first-order valence-electron chi connectivity index (χ1n) is 8.14. The highest BCUT2D eigenvalue weighted by Crippen LogP contribution is 2.41. The van der Waals surface area contributed by atoms with E-state index in [9.17, 15) is 0 Å². The largest absolute Gasteiger partial charge is 0.493 e. The molecule has 26 heavy (non-hydrogen) atoms. The first-order chi connectivity index (χ1) is 12.7. The maximum atomic E-state index is 7.67. The zero-order valence-corrected chi connectivity index (χ0v) is 14.9. The molecule has 7 nitrogen and oxygen atoms in total. The molecule has 0 spiro atoms. The molecule has 0 saturated heterocycles. The molecule has 2 aromatic rings. The average Bonchev–Trinajstić information content (AvgIpc) is 3.18. The number of ether oxygens (including phenoxy) is 4. The highest BCUT2D eigenvalue weighted by atomic mass is 16.5. The van der Waals surface area contributed by atoms with Crippen LogP contribution in [0.25, 0.3) is 0 Å². The third-order valence-corrected chi connectivity index (χ3v) is 4.23. The summed E-state index contributed by atoms with van der Waals surface area (Å²) in [6.07, 6.45) is 0. The van der Waals surface area contributed by atoms with Crippen LogP contribution in [0.1, 0.15) is 17.2 Å². The Hall–Kier alpha value is -3.09. The second kappa shape index (κ2) is 7.86. The maximum absolute atomic E-state index is 7.67. The van der Waals surface area contributed by atoms with Crippen molar-refractivity contribution in [1.82, 2.24) is 0 Å². The van der Waals surface area contributed by atoms with Crippen molar-refractivity contribution in [1.29, 1.82) is 5.53 Å².